The summed E-state index contributed by atoms with van der Waals surface area (Å²) in [5, 5.41) is 0. The van der Waals surface area contributed by atoms with Crippen molar-refractivity contribution in [1.29, 1.82) is 0 Å². The van der Waals surface area contributed by atoms with Crippen molar-refractivity contribution in [3.05, 3.63) is 0 Å². The molecule has 12 unspecified atom stereocenters. The van der Waals surface area contributed by atoms with Crippen LogP contribution in [0.1, 0.15) is 51.4 Å². The summed E-state index contributed by atoms with van der Waals surface area (Å²) in [5.74, 6) is 8.76. The van der Waals surface area contributed by atoms with Crippen LogP contribution in [0.25, 0.3) is 0 Å². The summed E-state index contributed by atoms with van der Waals surface area (Å²) < 4.78 is 15.1. The van der Waals surface area contributed by atoms with Crippen LogP contribution in [-0.4, -0.2) is 43.6 Å². The molecule has 0 spiro atoms. The summed E-state index contributed by atoms with van der Waals surface area (Å²) in [6, 6.07) is 0. The van der Waals surface area contributed by atoms with Crippen LogP contribution >= 0.6 is 0 Å². The van der Waals surface area contributed by atoms with E-state index in [-0.39, 0.29) is 11.9 Å². The lowest BCUT2D eigenvalue weighted by Gasteiger charge is -2.38. The molecule has 3 heterocycles. The minimum atomic E-state index is -0.0648. The fourth-order valence-electron chi connectivity index (χ4n) is 9.89. The average molecular weight is 443 g/mol. The Morgan fingerprint density at radius 3 is 2.16 bits per heavy atom. The SMILES string of the molecule is O=C1CCO1.O=C1COC2CC3CC1C2C3.O=C1OCC2C3CC(C12)C1C2CCC(C2)C31. The van der Waals surface area contributed by atoms with Gasteiger partial charge in [0.1, 0.15) is 13.2 Å². The van der Waals surface area contributed by atoms with Gasteiger partial charge in [-0.3, -0.25) is 14.4 Å². The second kappa shape index (κ2) is 7.28. The van der Waals surface area contributed by atoms with Crippen molar-refractivity contribution in [2.24, 2.45) is 65.1 Å². The molecule has 0 aromatic heterocycles. The Balaban J connectivity index is 0.0000000976. The number of cyclic esters (lactones) is 2. The molecule has 0 aromatic carbocycles. The van der Waals surface area contributed by atoms with Crippen LogP contribution in [0.5, 0.6) is 0 Å². The third kappa shape index (κ3) is 2.83. The number of carbonyl (C=O) groups is 3. The second-order valence-electron chi connectivity index (χ2n) is 12.0. The number of hydrogen-bond donors (Lipinski definition) is 0. The summed E-state index contributed by atoms with van der Waals surface area (Å²) in [6.45, 7) is 1.79. The highest BCUT2D eigenvalue weighted by molar-refractivity contribution is 5.83. The predicted molar refractivity (Wildman–Crippen MR) is 112 cm³/mol. The number of ether oxygens (including phenoxy) is 3. The highest BCUT2D eigenvalue weighted by atomic mass is 16.6. The molecule has 3 saturated heterocycles. The van der Waals surface area contributed by atoms with Crippen LogP contribution in [-0.2, 0) is 28.6 Å². The topological polar surface area (TPSA) is 78.9 Å². The molecule has 6 nitrogen and oxygen atoms in total. The number of Topliss-reactive ketones (excluding diaryl/α,β-unsaturated/α-hetero) is 1. The largest absolute Gasteiger partial charge is 0.465 e. The third-order valence-corrected chi connectivity index (χ3v) is 10.9. The molecular formula is C26H34O6. The monoisotopic (exact) mass is 442 g/mol. The molecule has 0 aromatic rings. The number of ketones is 1. The van der Waals surface area contributed by atoms with Gasteiger partial charge in [0.25, 0.3) is 0 Å². The smallest absolute Gasteiger partial charge is 0.309 e. The molecule has 9 rings (SSSR count). The minimum absolute atomic E-state index is 0.0648. The van der Waals surface area contributed by atoms with Crippen LogP contribution in [0.15, 0.2) is 0 Å². The molecule has 6 heteroatoms. The highest BCUT2D eigenvalue weighted by Gasteiger charge is 2.68. The van der Waals surface area contributed by atoms with Gasteiger partial charge in [-0.1, -0.05) is 0 Å². The van der Waals surface area contributed by atoms with Crippen molar-refractivity contribution in [2.45, 2.75) is 57.5 Å². The standard InChI is InChI=1S/C14H18O2.C9H12O2.C3H4O2/c15-14-13-9-4-8(10(13)5-16-14)11-6-1-2-7(3-6)12(9)11;10-8-4-11-9-3-5-1-6(8)7(9)2-5;4-3-1-2-5-3/h6-13H,1-5H2;5-7,9H,1-4H2;1-2H2. The van der Waals surface area contributed by atoms with Gasteiger partial charge < -0.3 is 14.2 Å². The Labute approximate surface area is 189 Å². The van der Waals surface area contributed by atoms with Crippen molar-refractivity contribution < 1.29 is 28.6 Å². The van der Waals surface area contributed by atoms with E-state index in [1.807, 2.05) is 0 Å². The lowest BCUT2D eigenvalue weighted by Crippen LogP contribution is -2.40. The molecular weight excluding hydrogens is 408 g/mol. The van der Waals surface area contributed by atoms with E-state index in [0.717, 1.165) is 48.0 Å². The van der Waals surface area contributed by atoms with Crippen LogP contribution in [0.2, 0.25) is 0 Å². The molecule has 12 atom stereocenters. The van der Waals surface area contributed by atoms with Gasteiger partial charge in [-0.2, -0.15) is 0 Å². The van der Waals surface area contributed by atoms with Gasteiger partial charge in [-0.05, 0) is 92.3 Å². The van der Waals surface area contributed by atoms with E-state index in [1.165, 1.54) is 44.9 Å². The van der Waals surface area contributed by atoms with Crippen LogP contribution < -0.4 is 0 Å². The summed E-state index contributed by atoms with van der Waals surface area (Å²) in [7, 11) is 0. The van der Waals surface area contributed by atoms with Crippen LogP contribution in [0.3, 0.4) is 0 Å². The van der Waals surface area contributed by atoms with Gasteiger partial charge in [-0.25, -0.2) is 0 Å². The molecule has 0 radical (unpaired) electrons. The number of fused-ring (bicyclic) bond motifs is 13. The van der Waals surface area contributed by atoms with E-state index in [9.17, 15) is 14.4 Å². The first kappa shape index (κ1) is 20.0. The number of esters is 2. The molecule has 6 saturated carbocycles. The van der Waals surface area contributed by atoms with Crippen molar-refractivity contribution in [2.75, 3.05) is 19.8 Å². The molecule has 0 amide bonds. The summed E-state index contributed by atoms with van der Waals surface area (Å²) in [4.78, 5) is 32.8. The second-order valence-corrected chi connectivity index (χ2v) is 12.0. The maximum absolute atomic E-state index is 11.8. The fourth-order valence-corrected chi connectivity index (χ4v) is 9.89. The minimum Gasteiger partial charge on any atom is -0.465 e. The zero-order valence-electron chi connectivity index (χ0n) is 18.7. The molecule has 9 aliphatic rings. The Morgan fingerprint density at radius 1 is 0.750 bits per heavy atom. The van der Waals surface area contributed by atoms with Gasteiger partial charge in [0.05, 0.1) is 25.0 Å². The number of carbonyl (C=O) groups excluding carboxylic acids is 3. The lowest BCUT2D eigenvalue weighted by atomic mass is 9.64. The molecule has 174 valence electrons. The molecule has 6 aliphatic carbocycles. The zero-order chi connectivity index (χ0) is 21.6. The van der Waals surface area contributed by atoms with Crippen molar-refractivity contribution >= 4 is 17.7 Å². The third-order valence-electron chi connectivity index (χ3n) is 10.9. The quantitative estimate of drug-likeness (QED) is 0.424. The van der Waals surface area contributed by atoms with E-state index in [1.54, 1.807) is 0 Å². The van der Waals surface area contributed by atoms with E-state index >= 15 is 0 Å². The van der Waals surface area contributed by atoms with Crippen LogP contribution in [0.4, 0.5) is 0 Å². The van der Waals surface area contributed by atoms with Gasteiger partial charge in [0, 0.05) is 11.8 Å². The summed E-state index contributed by atoms with van der Waals surface area (Å²) in [5.41, 5.74) is 0. The normalized spacial score (nSPS) is 54.1. The first-order chi connectivity index (χ1) is 15.6. The summed E-state index contributed by atoms with van der Waals surface area (Å²) in [6.07, 6.45) is 10.6. The Kier molecular flexibility index (Phi) is 4.55. The first-order valence-electron chi connectivity index (χ1n) is 13.0. The molecule has 9 fully saturated rings. The molecule has 6 bridgehead atoms. The van der Waals surface area contributed by atoms with E-state index in [2.05, 4.69) is 4.74 Å². The Morgan fingerprint density at radius 2 is 1.50 bits per heavy atom. The molecule has 32 heavy (non-hydrogen) atoms. The molecule has 3 aliphatic heterocycles. The maximum Gasteiger partial charge on any atom is 0.309 e. The van der Waals surface area contributed by atoms with E-state index in [4.69, 9.17) is 9.47 Å². The Bertz CT molecular complexity index is 832. The maximum atomic E-state index is 11.8. The van der Waals surface area contributed by atoms with E-state index < -0.39 is 0 Å². The van der Waals surface area contributed by atoms with E-state index in [0.29, 0.717) is 55.2 Å². The average Bonchev–Trinajstić information content (AvgIpc) is 3.58. The number of hydrogen-bond acceptors (Lipinski definition) is 6. The number of rotatable bonds is 0. The van der Waals surface area contributed by atoms with Crippen molar-refractivity contribution in [3.63, 3.8) is 0 Å². The van der Waals surface area contributed by atoms with Crippen molar-refractivity contribution in [3.8, 4) is 0 Å². The van der Waals surface area contributed by atoms with Gasteiger partial charge in [-0.15, -0.1) is 0 Å². The summed E-state index contributed by atoms with van der Waals surface area (Å²) >= 11 is 0. The fraction of sp³-hybridized carbons (Fsp3) is 0.885. The molecule has 0 N–H and O–H groups in total. The van der Waals surface area contributed by atoms with Crippen LogP contribution in [0, 0.1) is 65.1 Å². The zero-order valence-corrected chi connectivity index (χ0v) is 18.7. The van der Waals surface area contributed by atoms with Gasteiger partial charge >= 0.3 is 11.9 Å². The Hall–Kier alpha value is -1.43. The van der Waals surface area contributed by atoms with Gasteiger partial charge in [0.15, 0.2) is 5.78 Å². The van der Waals surface area contributed by atoms with Crippen molar-refractivity contribution in [1.82, 2.24) is 0 Å². The lowest BCUT2D eigenvalue weighted by molar-refractivity contribution is -0.157. The predicted octanol–water partition coefficient (Wildman–Crippen LogP) is 3.02. The van der Waals surface area contributed by atoms with Gasteiger partial charge in [0.2, 0.25) is 0 Å². The highest BCUT2D eigenvalue weighted by Crippen LogP contribution is 2.71. The first-order valence-corrected chi connectivity index (χ1v) is 13.0.